The summed E-state index contributed by atoms with van der Waals surface area (Å²) in [7, 11) is 0. The number of aryl methyl sites for hydroxylation is 2. The van der Waals surface area contributed by atoms with Crippen molar-refractivity contribution in [2.24, 2.45) is 0 Å². The smallest absolute Gasteiger partial charge is 0.410 e. The van der Waals surface area contributed by atoms with Crippen LogP contribution in [0, 0.1) is 0 Å². The van der Waals surface area contributed by atoms with Crippen LogP contribution in [0.25, 0.3) is 0 Å². The third-order valence-electron chi connectivity index (χ3n) is 6.13. The molecule has 3 aromatic rings. The molecule has 6 heteroatoms. The molecule has 5 nitrogen and oxygen atoms in total. The Hall–Kier alpha value is -2.89. The summed E-state index contributed by atoms with van der Waals surface area (Å²) in [5.74, 6) is 0.572. The summed E-state index contributed by atoms with van der Waals surface area (Å²) >= 11 is 6.31. The van der Waals surface area contributed by atoms with E-state index in [1.54, 1.807) is 17.0 Å². The molecule has 31 heavy (non-hydrogen) atoms. The number of fused-ring (bicyclic) bond motifs is 2. The van der Waals surface area contributed by atoms with Gasteiger partial charge in [0.2, 0.25) is 0 Å². The van der Waals surface area contributed by atoms with Gasteiger partial charge in [0, 0.05) is 37.4 Å². The lowest BCUT2D eigenvalue weighted by molar-refractivity contribution is 0.0965. The number of pyridine rings is 1. The molecule has 0 N–H and O–H groups in total. The number of ether oxygens (including phenoxy) is 1. The van der Waals surface area contributed by atoms with Gasteiger partial charge < -0.3 is 9.64 Å². The molecule has 0 spiro atoms. The number of rotatable bonds is 2. The predicted octanol–water partition coefficient (Wildman–Crippen LogP) is 4.74. The fourth-order valence-corrected chi connectivity index (χ4v) is 4.76. The molecule has 0 unspecified atom stereocenters. The second kappa shape index (κ2) is 8.69. The van der Waals surface area contributed by atoms with Crippen molar-refractivity contribution in [2.45, 2.75) is 18.9 Å². The molecule has 0 radical (unpaired) electrons. The van der Waals surface area contributed by atoms with Gasteiger partial charge in [0.05, 0.1) is 11.7 Å². The second-order valence-electron chi connectivity index (χ2n) is 8.00. The Balaban J connectivity index is 1.37. The molecule has 1 fully saturated rings. The van der Waals surface area contributed by atoms with Gasteiger partial charge >= 0.3 is 6.09 Å². The number of aromatic nitrogens is 1. The Morgan fingerprint density at radius 2 is 1.71 bits per heavy atom. The predicted molar refractivity (Wildman–Crippen MR) is 121 cm³/mol. The van der Waals surface area contributed by atoms with Crippen LogP contribution in [-0.4, -0.2) is 47.1 Å². The summed E-state index contributed by atoms with van der Waals surface area (Å²) in [6.07, 6.45) is 3.49. The lowest BCUT2D eigenvalue weighted by Gasteiger charge is -2.39. The number of nitrogens with zero attached hydrogens (tertiary/aromatic N) is 3. The minimum Gasteiger partial charge on any atom is -0.410 e. The summed E-state index contributed by atoms with van der Waals surface area (Å²) in [6, 6.07) is 19.7. The number of carbonyl (C=O) groups excluding carboxylic acids is 1. The van der Waals surface area contributed by atoms with E-state index in [4.69, 9.17) is 21.3 Å². The number of piperazine rings is 1. The average molecular weight is 434 g/mol. The number of carbonyl (C=O) groups is 1. The SMILES string of the molecule is O=C(Oc1ccccc1)N1CCN([C@H]2c3ccc(Cl)cc3CCc3cccnc32)CC1. The molecule has 5 rings (SSSR count). The van der Waals surface area contributed by atoms with E-state index in [0.29, 0.717) is 18.8 Å². The number of amides is 1. The van der Waals surface area contributed by atoms with Crippen molar-refractivity contribution < 1.29 is 9.53 Å². The van der Waals surface area contributed by atoms with Gasteiger partial charge in [-0.1, -0.05) is 41.9 Å². The van der Waals surface area contributed by atoms with E-state index in [0.717, 1.165) is 36.6 Å². The quantitative estimate of drug-likeness (QED) is 0.585. The fraction of sp³-hybridized carbons (Fsp3) is 0.280. The van der Waals surface area contributed by atoms with Gasteiger partial charge in [0.25, 0.3) is 0 Å². The highest BCUT2D eigenvalue weighted by Gasteiger charge is 2.33. The Morgan fingerprint density at radius 3 is 2.52 bits per heavy atom. The lowest BCUT2D eigenvalue weighted by Crippen LogP contribution is -2.50. The Labute approximate surface area is 187 Å². The molecular formula is C25H24ClN3O2. The first-order valence-electron chi connectivity index (χ1n) is 10.7. The van der Waals surface area contributed by atoms with Crippen molar-refractivity contribution >= 4 is 17.7 Å². The van der Waals surface area contributed by atoms with Gasteiger partial charge in [0.1, 0.15) is 5.75 Å². The van der Waals surface area contributed by atoms with Crippen LogP contribution in [0.3, 0.4) is 0 Å². The Bertz CT molecular complexity index is 1080. The van der Waals surface area contributed by atoms with Crippen molar-refractivity contribution in [3.05, 3.63) is 94.3 Å². The standard InChI is InChI=1S/C25H24ClN3O2/c26-20-10-11-22-19(17-20)9-8-18-5-4-12-27-23(18)24(22)28-13-15-29(16-14-28)25(30)31-21-6-2-1-3-7-21/h1-7,10-12,17,24H,8-9,13-16H2/t24-/m0/s1. The molecule has 1 saturated heterocycles. The summed E-state index contributed by atoms with van der Waals surface area (Å²) in [4.78, 5) is 21.6. The maximum Gasteiger partial charge on any atom is 0.415 e. The normalized spacial score (nSPS) is 18.6. The molecule has 158 valence electrons. The summed E-state index contributed by atoms with van der Waals surface area (Å²) in [6.45, 7) is 2.75. The topological polar surface area (TPSA) is 45.7 Å². The van der Waals surface area contributed by atoms with Crippen molar-refractivity contribution in [1.82, 2.24) is 14.8 Å². The average Bonchev–Trinajstić information content (AvgIpc) is 2.96. The zero-order valence-electron chi connectivity index (χ0n) is 17.2. The first-order chi connectivity index (χ1) is 15.2. The highest BCUT2D eigenvalue weighted by molar-refractivity contribution is 6.30. The van der Waals surface area contributed by atoms with E-state index in [9.17, 15) is 4.79 Å². The van der Waals surface area contributed by atoms with Gasteiger partial charge in [-0.25, -0.2) is 4.79 Å². The zero-order chi connectivity index (χ0) is 21.2. The van der Waals surface area contributed by atoms with Crippen LogP contribution in [0.1, 0.15) is 28.4 Å². The van der Waals surface area contributed by atoms with E-state index in [1.165, 1.54) is 16.7 Å². The molecule has 1 aliphatic carbocycles. The molecule has 0 bridgehead atoms. The summed E-state index contributed by atoms with van der Waals surface area (Å²) in [5.41, 5.74) is 4.94. The molecule has 1 aliphatic heterocycles. The van der Waals surface area contributed by atoms with Crippen LogP contribution in [0.5, 0.6) is 5.75 Å². The minimum absolute atomic E-state index is 0.0678. The molecule has 1 aromatic heterocycles. The van der Waals surface area contributed by atoms with Gasteiger partial charge in [-0.2, -0.15) is 0 Å². The van der Waals surface area contributed by atoms with Crippen LogP contribution < -0.4 is 4.74 Å². The van der Waals surface area contributed by atoms with Gasteiger partial charge in [-0.05, 0) is 59.9 Å². The number of benzene rings is 2. The van der Waals surface area contributed by atoms with Gasteiger partial charge in [-0.3, -0.25) is 9.88 Å². The first-order valence-corrected chi connectivity index (χ1v) is 11.0. The third-order valence-corrected chi connectivity index (χ3v) is 6.37. The molecular weight excluding hydrogens is 410 g/mol. The molecule has 0 saturated carbocycles. The van der Waals surface area contributed by atoms with Crippen LogP contribution in [0.2, 0.25) is 5.02 Å². The second-order valence-corrected chi connectivity index (χ2v) is 8.43. The van der Waals surface area contributed by atoms with Crippen LogP contribution >= 0.6 is 11.6 Å². The van der Waals surface area contributed by atoms with E-state index in [1.807, 2.05) is 36.5 Å². The van der Waals surface area contributed by atoms with Gasteiger partial charge in [-0.15, -0.1) is 0 Å². The van der Waals surface area contributed by atoms with E-state index in [2.05, 4.69) is 23.1 Å². The van der Waals surface area contributed by atoms with Gasteiger partial charge in [0.15, 0.2) is 0 Å². The van der Waals surface area contributed by atoms with E-state index in [-0.39, 0.29) is 12.1 Å². The fourth-order valence-electron chi connectivity index (χ4n) is 4.57. The molecule has 2 heterocycles. The molecule has 1 amide bonds. The molecule has 2 aromatic carbocycles. The first kappa shape index (κ1) is 20.0. The maximum absolute atomic E-state index is 12.6. The van der Waals surface area contributed by atoms with Crippen LogP contribution in [0.15, 0.2) is 66.9 Å². The third kappa shape index (κ3) is 4.16. The van der Waals surface area contributed by atoms with E-state index < -0.39 is 0 Å². The Kier molecular flexibility index (Phi) is 5.62. The number of hydrogen-bond acceptors (Lipinski definition) is 4. The molecule has 1 atom stereocenters. The minimum atomic E-state index is -0.294. The summed E-state index contributed by atoms with van der Waals surface area (Å²) in [5, 5.41) is 0.768. The number of halogens is 1. The van der Waals surface area contributed by atoms with E-state index >= 15 is 0 Å². The van der Waals surface area contributed by atoms with Crippen molar-refractivity contribution in [3.63, 3.8) is 0 Å². The highest BCUT2D eigenvalue weighted by atomic mass is 35.5. The van der Waals surface area contributed by atoms with Crippen molar-refractivity contribution in [1.29, 1.82) is 0 Å². The van der Waals surface area contributed by atoms with Crippen LogP contribution in [0.4, 0.5) is 4.79 Å². The number of hydrogen-bond donors (Lipinski definition) is 0. The highest BCUT2D eigenvalue weighted by Crippen LogP contribution is 2.37. The monoisotopic (exact) mass is 433 g/mol. The largest absolute Gasteiger partial charge is 0.415 e. The number of para-hydroxylation sites is 1. The van der Waals surface area contributed by atoms with Crippen molar-refractivity contribution in [3.8, 4) is 5.75 Å². The van der Waals surface area contributed by atoms with Crippen LogP contribution in [-0.2, 0) is 12.8 Å². The lowest BCUT2D eigenvalue weighted by atomic mass is 9.96. The summed E-state index contributed by atoms with van der Waals surface area (Å²) < 4.78 is 5.52. The van der Waals surface area contributed by atoms with Crippen molar-refractivity contribution in [2.75, 3.05) is 26.2 Å². The molecule has 2 aliphatic rings. The maximum atomic E-state index is 12.6. The Morgan fingerprint density at radius 1 is 0.935 bits per heavy atom. The zero-order valence-corrected chi connectivity index (χ0v) is 18.0.